The summed E-state index contributed by atoms with van der Waals surface area (Å²) in [5, 5.41) is 5.96. The first-order valence-electron chi connectivity index (χ1n) is 6.59. The number of nitrogens with two attached hydrogens (primary N) is 1. The van der Waals surface area contributed by atoms with E-state index in [1.54, 1.807) is 12.3 Å². The Morgan fingerprint density at radius 2 is 2.42 bits per heavy atom. The minimum atomic E-state index is -0.116. The molecule has 1 atom stereocenters. The van der Waals surface area contributed by atoms with Crippen LogP contribution in [0.5, 0.6) is 0 Å². The van der Waals surface area contributed by atoms with Crippen LogP contribution in [0.15, 0.2) is 18.3 Å². The van der Waals surface area contributed by atoms with Crippen molar-refractivity contribution >= 4 is 17.4 Å². The maximum Gasteiger partial charge on any atom is 0.226 e. The van der Waals surface area contributed by atoms with Crippen molar-refractivity contribution in [3.63, 3.8) is 0 Å². The van der Waals surface area contributed by atoms with Crippen LogP contribution in [0.3, 0.4) is 0 Å². The summed E-state index contributed by atoms with van der Waals surface area (Å²) in [6, 6.07) is 3.66. The van der Waals surface area contributed by atoms with Crippen molar-refractivity contribution in [1.82, 2.24) is 4.98 Å². The Hall–Kier alpha value is -1.66. The Balaban J connectivity index is 1.78. The van der Waals surface area contributed by atoms with E-state index in [2.05, 4.69) is 15.6 Å². The van der Waals surface area contributed by atoms with Crippen molar-refractivity contribution in [3.8, 4) is 0 Å². The summed E-state index contributed by atoms with van der Waals surface area (Å²) in [6.45, 7) is 1.99. The van der Waals surface area contributed by atoms with Crippen molar-refractivity contribution in [1.29, 1.82) is 0 Å². The summed E-state index contributed by atoms with van der Waals surface area (Å²) in [4.78, 5) is 15.5. The largest absolute Gasteiger partial charge is 0.381 e. The van der Waals surface area contributed by atoms with Crippen LogP contribution in [0.25, 0.3) is 0 Å². The van der Waals surface area contributed by atoms with Gasteiger partial charge in [-0.3, -0.25) is 4.79 Å². The highest BCUT2D eigenvalue weighted by Crippen LogP contribution is 2.14. The van der Waals surface area contributed by atoms with Gasteiger partial charge in [0.1, 0.15) is 5.82 Å². The monoisotopic (exact) mass is 264 g/mol. The number of carbonyl (C=O) groups is 1. The first kappa shape index (κ1) is 13.8. The van der Waals surface area contributed by atoms with Crippen LogP contribution in [0.2, 0.25) is 0 Å². The predicted molar refractivity (Wildman–Crippen MR) is 74.0 cm³/mol. The lowest BCUT2D eigenvalue weighted by Crippen LogP contribution is -2.19. The van der Waals surface area contributed by atoms with Crippen LogP contribution in [-0.2, 0) is 9.53 Å². The second-order valence-corrected chi connectivity index (χ2v) is 4.53. The molecule has 19 heavy (non-hydrogen) atoms. The van der Waals surface area contributed by atoms with Gasteiger partial charge in [-0.2, -0.15) is 0 Å². The van der Waals surface area contributed by atoms with Gasteiger partial charge in [0.15, 0.2) is 0 Å². The molecule has 0 aromatic carbocycles. The summed E-state index contributed by atoms with van der Waals surface area (Å²) in [6.07, 6.45) is 4.54. The average Bonchev–Trinajstić information content (AvgIpc) is 2.91. The lowest BCUT2D eigenvalue weighted by atomic mass is 10.2. The Labute approximate surface area is 112 Å². The molecule has 1 unspecified atom stereocenters. The topological polar surface area (TPSA) is 89.3 Å². The highest BCUT2D eigenvalue weighted by atomic mass is 16.5. The van der Waals surface area contributed by atoms with Crippen LogP contribution >= 0.6 is 0 Å². The zero-order chi connectivity index (χ0) is 13.5. The lowest BCUT2D eigenvalue weighted by Gasteiger charge is -2.12. The van der Waals surface area contributed by atoms with Crippen LogP contribution in [0.4, 0.5) is 11.5 Å². The number of hydrogen-bond acceptors (Lipinski definition) is 5. The predicted octanol–water partition coefficient (Wildman–Crippen LogP) is 0.960. The molecule has 1 aliphatic heterocycles. The number of hydrogen-bond donors (Lipinski definition) is 3. The molecular formula is C13H20N4O2. The van der Waals surface area contributed by atoms with Gasteiger partial charge < -0.3 is 21.1 Å². The quantitative estimate of drug-likeness (QED) is 0.712. The Morgan fingerprint density at radius 1 is 1.53 bits per heavy atom. The van der Waals surface area contributed by atoms with Gasteiger partial charge in [-0.15, -0.1) is 0 Å². The fraction of sp³-hybridized carbons (Fsp3) is 0.538. The molecule has 1 saturated heterocycles. The molecule has 1 aromatic rings. The second-order valence-electron chi connectivity index (χ2n) is 4.53. The van der Waals surface area contributed by atoms with Gasteiger partial charge in [-0.1, -0.05) is 0 Å². The number of nitrogens with one attached hydrogen (secondary N) is 2. The Bertz CT molecular complexity index is 402. The number of amides is 1. The van der Waals surface area contributed by atoms with Crippen LogP contribution < -0.4 is 16.4 Å². The molecule has 0 spiro atoms. The highest BCUT2D eigenvalue weighted by Gasteiger charge is 2.14. The van der Waals surface area contributed by atoms with E-state index in [0.29, 0.717) is 24.9 Å². The smallest absolute Gasteiger partial charge is 0.226 e. The van der Waals surface area contributed by atoms with Gasteiger partial charge in [0.2, 0.25) is 5.91 Å². The summed E-state index contributed by atoms with van der Waals surface area (Å²) in [7, 11) is 0. The van der Waals surface area contributed by atoms with E-state index in [4.69, 9.17) is 10.5 Å². The Morgan fingerprint density at radius 3 is 3.05 bits per heavy atom. The third-order valence-electron chi connectivity index (χ3n) is 2.96. The normalized spacial score (nSPS) is 18.3. The van der Waals surface area contributed by atoms with E-state index in [0.717, 1.165) is 31.7 Å². The first-order chi connectivity index (χ1) is 9.28. The molecule has 0 saturated carbocycles. The van der Waals surface area contributed by atoms with Crippen molar-refractivity contribution < 1.29 is 9.53 Å². The zero-order valence-electron chi connectivity index (χ0n) is 10.9. The van der Waals surface area contributed by atoms with Crippen LogP contribution in [0.1, 0.15) is 19.3 Å². The van der Waals surface area contributed by atoms with Crippen molar-refractivity contribution in [2.75, 3.05) is 30.3 Å². The van der Waals surface area contributed by atoms with Crippen LogP contribution in [-0.4, -0.2) is 36.7 Å². The molecular weight excluding hydrogens is 244 g/mol. The zero-order valence-corrected chi connectivity index (χ0v) is 10.9. The molecule has 1 aromatic heterocycles. The molecule has 4 N–H and O–H groups in total. The van der Waals surface area contributed by atoms with E-state index in [-0.39, 0.29) is 5.91 Å². The molecule has 0 bridgehead atoms. The molecule has 0 aliphatic carbocycles. The van der Waals surface area contributed by atoms with Crippen molar-refractivity contribution in [2.45, 2.75) is 25.4 Å². The van der Waals surface area contributed by atoms with Gasteiger partial charge in [-0.25, -0.2) is 4.98 Å². The standard InChI is InChI=1S/C13H20N4O2/c14-6-5-13(18)17-12-4-3-10(8-16-12)15-9-11-2-1-7-19-11/h3-4,8,11,15H,1-2,5-7,9,14H2,(H,16,17,18). The van der Waals surface area contributed by atoms with Crippen molar-refractivity contribution in [2.24, 2.45) is 5.73 Å². The Kier molecular flexibility index (Phi) is 5.11. The minimum Gasteiger partial charge on any atom is -0.381 e. The maximum atomic E-state index is 11.3. The highest BCUT2D eigenvalue weighted by molar-refractivity contribution is 5.89. The van der Waals surface area contributed by atoms with Crippen LogP contribution in [0, 0.1) is 0 Å². The SMILES string of the molecule is NCCC(=O)Nc1ccc(NCC2CCCO2)cn1. The number of pyridine rings is 1. The molecule has 2 heterocycles. The number of anilines is 2. The molecule has 1 aliphatic rings. The number of aromatic nitrogens is 1. The van der Waals surface area contributed by atoms with E-state index < -0.39 is 0 Å². The molecule has 6 heteroatoms. The summed E-state index contributed by atoms with van der Waals surface area (Å²) in [5.74, 6) is 0.427. The number of carbonyl (C=O) groups excluding carboxylic acids is 1. The van der Waals surface area contributed by atoms with Gasteiger partial charge >= 0.3 is 0 Å². The van der Waals surface area contributed by atoms with Gasteiger partial charge in [0.25, 0.3) is 0 Å². The fourth-order valence-corrected chi connectivity index (χ4v) is 1.95. The minimum absolute atomic E-state index is 0.116. The van der Waals surface area contributed by atoms with E-state index in [1.165, 1.54) is 0 Å². The van der Waals surface area contributed by atoms with E-state index >= 15 is 0 Å². The molecule has 6 nitrogen and oxygen atoms in total. The number of rotatable bonds is 6. The summed E-state index contributed by atoms with van der Waals surface area (Å²) >= 11 is 0. The third kappa shape index (κ3) is 4.50. The van der Waals surface area contributed by atoms with Gasteiger partial charge in [0, 0.05) is 26.1 Å². The van der Waals surface area contributed by atoms with E-state index in [9.17, 15) is 4.79 Å². The summed E-state index contributed by atoms with van der Waals surface area (Å²) < 4.78 is 5.53. The lowest BCUT2D eigenvalue weighted by molar-refractivity contribution is -0.116. The molecule has 1 amide bonds. The summed E-state index contributed by atoms with van der Waals surface area (Å²) in [5.41, 5.74) is 6.23. The fourth-order valence-electron chi connectivity index (χ4n) is 1.95. The average molecular weight is 264 g/mol. The second kappa shape index (κ2) is 7.06. The molecule has 0 radical (unpaired) electrons. The molecule has 2 rings (SSSR count). The molecule has 104 valence electrons. The maximum absolute atomic E-state index is 11.3. The molecule has 1 fully saturated rings. The number of nitrogens with zero attached hydrogens (tertiary/aromatic N) is 1. The number of ether oxygens (including phenoxy) is 1. The third-order valence-corrected chi connectivity index (χ3v) is 2.96. The van der Waals surface area contributed by atoms with Gasteiger partial charge in [0.05, 0.1) is 18.0 Å². The van der Waals surface area contributed by atoms with Gasteiger partial charge in [-0.05, 0) is 25.0 Å². The van der Waals surface area contributed by atoms with E-state index in [1.807, 2.05) is 6.07 Å². The first-order valence-corrected chi connectivity index (χ1v) is 6.59. The van der Waals surface area contributed by atoms with Crippen molar-refractivity contribution in [3.05, 3.63) is 18.3 Å².